The molecule has 0 fully saturated rings. The number of ether oxygens (including phenoxy) is 1. The van der Waals surface area contributed by atoms with Crippen LogP contribution in [0.5, 0.6) is 0 Å². The SMILES string of the molecule is CC(=O)O[C@H]1C=CCCCC1. The molecule has 0 aromatic heterocycles. The summed E-state index contributed by atoms with van der Waals surface area (Å²) < 4.78 is 5.05. The van der Waals surface area contributed by atoms with Crippen LogP contribution in [0, 0.1) is 0 Å². The second-order valence-electron chi connectivity index (χ2n) is 2.86. The van der Waals surface area contributed by atoms with Crippen LogP contribution in [0.25, 0.3) is 0 Å². The molecule has 0 unspecified atom stereocenters. The van der Waals surface area contributed by atoms with Gasteiger partial charge < -0.3 is 4.74 Å². The number of allylic oxidation sites excluding steroid dienone is 1. The zero-order valence-corrected chi connectivity index (χ0v) is 6.88. The molecule has 1 aliphatic rings. The van der Waals surface area contributed by atoms with Gasteiger partial charge in [-0.1, -0.05) is 6.08 Å². The molecule has 0 radical (unpaired) electrons. The van der Waals surface area contributed by atoms with Crippen LogP contribution in [0.3, 0.4) is 0 Å². The zero-order valence-electron chi connectivity index (χ0n) is 6.88. The second-order valence-corrected chi connectivity index (χ2v) is 2.86. The van der Waals surface area contributed by atoms with Gasteiger partial charge in [0, 0.05) is 6.92 Å². The van der Waals surface area contributed by atoms with Crippen molar-refractivity contribution in [3.05, 3.63) is 12.2 Å². The van der Waals surface area contributed by atoms with Gasteiger partial charge in [-0.2, -0.15) is 0 Å². The van der Waals surface area contributed by atoms with E-state index >= 15 is 0 Å². The van der Waals surface area contributed by atoms with Crippen molar-refractivity contribution in [1.29, 1.82) is 0 Å². The first-order valence-electron chi connectivity index (χ1n) is 4.13. The van der Waals surface area contributed by atoms with Crippen LogP contribution in [0.2, 0.25) is 0 Å². The molecule has 0 aromatic rings. The van der Waals surface area contributed by atoms with Crippen molar-refractivity contribution in [2.24, 2.45) is 0 Å². The third kappa shape index (κ3) is 3.21. The summed E-state index contributed by atoms with van der Waals surface area (Å²) >= 11 is 0. The summed E-state index contributed by atoms with van der Waals surface area (Å²) in [5.74, 6) is -0.179. The van der Waals surface area contributed by atoms with E-state index in [9.17, 15) is 4.79 Å². The lowest BCUT2D eigenvalue weighted by Crippen LogP contribution is -2.12. The van der Waals surface area contributed by atoms with Gasteiger partial charge in [0.15, 0.2) is 0 Å². The molecule has 0 aliphatic heterocycles. The van der Waals surface area contributed by atoms with Crippen molar-refractivity contribution in [3.8, 4) is 0 Å². The molecule has 0 saturated heterocycles. The number of carbonyl (C=O) groups excluding carboxylic acids is 1. The molecule has 0 bridgehead atoms. The highest BCUT2D eigenvalue weighted by molar-refractivity contribution is 5.66. The van der Waals surface area contributed by atoms with E-state index in [-0.39, 0.29) is 12.1 Å². The minimum absolute atomic E-state index is 0.0370. The van der Waals surface area contributed by atoms with Gasteiger partial charge >= 0.3 is 5.97 Å². The van der Waals surface area contributed by atoms with Crippen LogP contribution in [0.4, 0.5) is 0 Å². The van der Waals surface area contributed by atoms with Gasteiger partial charge in [-0.25, -0.2) is 0 Å². The van der Waals surface area contributed by atoms with Crippen LogP contribution in [0.15, 0.2) is 12.2 Å². The molecule has 62 valence electrons. The lowest BCUT2D eigenvalue weighted by molar-refractivity contribution is -0.144. The molecular weight excluding hydrogens is 140 g/mol. The van der Waals surface area contributed by atoms with Gasteiger partial charge in [0.1, 0.15) is 6.10 Å². The van der Waals surface area contributed by atoms with Gasteiger partial charge in [-0.05, 0) is 31.8 Å². The monoisotopic (exact) mass is 154 g/mol. The highest BCUT2D eigenvalue weighted by atomic mass is 16.5. The minimum atomic E-state index is -0.179. The highest BCUT2D eigenvalue weighted by Crippen LogP contribution is 2.13. The van der Waals surface area contributed by atoms with Crippen molar-refractivity contribution in [3.63, 3.8) is 0 Å². The maximum atomic E-state index is 10.6. The lowest BCUT2D eigenvalue weighted by atomic mass is 10.2. The van der Waals surface area contributed by atoms with Crippen molar-refractivity contribution >= 4 is 5.97 Å². The van der Waals surface area contributed by atoms with Crippen molar-refractivity contribution in [2.45, 2.75) is 38.7 Å². The standard InChI is InChI=1S/C9H14O2/c1-8(10)11-9-6-4-2-3-5-7-9/h4,6,9H,2-3,5,7H2,1H3/t9-/m0/s1. The van der Waals surface area contributed by atoms with E-state index in [0.29, 0.717) is 0 Å². The Morgan fingerprint density at radius 1 is 1.55 bits per heavy atom. The Balaban J connectivity index is 2.36. The summed E-state index contributed by atoms with van der Waals surface area (Å²) in [5.41, 5.74) is 0. The van der Waals surface area contributed by atoms with Crippen LogP contribution < -0.4 is 0 Å². The van der Waals surface area contributed by atoms with Gasteiger partial charge in [0.2, 0.25) is 0 Å². The van der Waals surface area contributed by atoms with E-state index in [2.05, 4.69) is 6.08 Å². The maximum Gasteiger partial charge on any atom is 0.303 e. The maximum absolute atomic E-state index is 10.6. The largest absolute Gasteiger partial charge is 0.458 e. The van der Waals surface area contributed by atoms with Gasteiger partial charge in [0.05, 0.1) is 0 Å². The summed E-state index contributed by atoms with van der Waals surface area (Å²) in [6, 6.07) is 0. The molecule has 1 aliphatic carbocycles. The van der Waals surface area contributed by atoms with Gasteiger partial charge in [-0.3, -0.25) is 4.79 Å². The van der Waals surface area contributed by atoms with Gasteiger partial charge in [0.25, 0.3) is 0 Å². The Morgan fingerprint density at radius 2 is 2.36 bits per heavy atom. The number of hydrogen-bond donors (Lipinski definition) is 0. The molecule has 1 atom stereocenters. The van der Waals surface area contributed by atoms with Crippen LogP contribution in [-0.4, -0.2) is 12.1 Å². The first kappa shape index (κ1) is 8.31. The number of rotatable bonds is 1. The van der Waals surface area contributed by atoms with Crippen LogP contribution in [0.1, 0.15) is 32.6 Å². The quantitative estimate of drug-likeness (QED) is 0.427. The molecule has 11 heavy (non-hydrogen) atoms. The van der Waals surface area contributed by atoms with E-state index in [1.165, 1.54) is 13.3 Å². The third-order valence-corrected chi connectivity index (χ3v) is 1.78. The number of esters is 1. The Morgan fingerprint density at radius 3 is 3.09 bits per heavy atom. The Hall–Kier alpha value is -0.790. The lowest BCUT2D eigenvalue weighted by Gasteiger charge is -2.09. The summed E-state index contributed by atoms with van der Waals surface area (Å²) in [6.07, 6.45) is 8.61. The topological polar surface area (TPSA) is 26.3 Å². The molecule has 0 amide bonds. The summed E-state index contributed by atoms with van der Waals surface area (Å²) in [5, 5.41) is 0. The van der Waals surface area contributed by atoms with Crippen LogP contribution >= 0.6 is 0 Å². The normalized spacial score (nSPS) is 24.3. The molecule has 0 N–H and O–H groups in total. The Labute approximate surface area is 67.2 Å². The Kier molecular flexibility index (Phi) is 3.14. The summed E-state index contributed by atoms with van der Waals surface area (Å²) in [7, 11) is 0. The van der Waals surface area contributed by atoms with E-state index in [0.717, 1.165) is 19.3 Å². The fourth-order valence-corrected chi connectivity index (χ4v) is 1.26. The first-order chi connectivity index (χ1) is 5.29. The summed E-state index contributed by atoms with van der Waals surface area (Å²) in [4.78, 5) is 10.6. The van der Waals surface area contributed by atoms with E-state index < -0.39 is 0 Å². The molecule has 2 nitrogen and oxygen atoms in total. The fraction of sp³-hybridized carbons (Fsp3) is 0.667. The average Bonchev–Trinajstić information content (AvgIpc) is 2.14. The minimum Gasteiger partial charge on any atom is -0.458 e. The first-order valence-corrected chi connectivity index (χ1v) is 4.13. The van der Waals surface area contributed by atoms with E-state index in [1.54, 1.807) is 0 Å². The zero-order chi connectivity index (χ0) is 8.10. The van der Waals surface area contributed by atoms with Gasteiger partial charge in [-0.15, -0.1) is 0 Å². The second kappa shape index (κ2) is 4.16. The highest BCUT2D eigenvalue weighted by Gasteiger charge is 2.09. The number of hydrogen-bond acceptors (Lipinski definition) is 2. The molecule has 2 heteroatoms. The van der Waals surface area contributed by atoms with Crippen molar-refractivity contribution in [2.75, 3.05) is 0 Å². The fourth-order valence-electron chi connectivity index (χ4n) is 1.26. The predicted octanol–water partition coefficient (Wildman–Crippen LogP) is 2.05. The predicted molar refractivity (Wildman–Crippen MR) is 43.2 cm³/mol. The van der Waals surface area contributed by atoms with Crippen molar-refractivity contribution < 1.29 is 9.53 Å². The van der Waals surface area contributed by atoms with E-state index in [1.807, 2.05) is 6.08 Å². The summed E-state index contributed by atoms with van der Waals surface area (Å²) in [6.45, 7) is 1.46. The smallest absolute Gasteiger partial charge is 0.303 e. The Bertz CT molecular complexity index is 161. The average molecular weight is 154 g/mol. The molecular formula is C9H14O2. The van der Waals surface area contributed by atoms with E-state index in [4.69, 9.17) is 4.74 Å². The van der Waals surface area contributed by atoms with Crippen molar-refractivity contribution in [1.82, 2.24) is 0 Å². The molecule has 1 rings (SSSR count). The third-order valence-electron chi connectivity index (χ3n) is 1.78. The molecule has 0 heterocycles. The molecule has 0 spiro atoms. The van der Waals surface area contributed by atoms with Crippen LogP contribution in [-0.2, 0) is 9.53 Å². The molecule has 0 saturated carbocycles. The number of carbonyl (C=O) groups is 1. The molecule has 0 aromatic carbocycles.